The van der Waals surface area contributed by atoms with Gasteiger partial charge in [-0.05, 0) is 55.6 Å². The van der Waals surface area contributed by atoms with E-state index in [0.717, 1.165) is 63.4 Å². The second-order valence-electron chi connectivity index (χ2n) is 9.04. The highest BCUT2D eigenvalue weighted by Gasteiger charge is 2.19. The molecule has 3 aromatic rings. The lowest BCUT2D eigenvalue weighted by atomic mass is 10.1. The van der Waals surface area contributed by atoms with E-state index in [4.69, 9.17) is 9.47 Å². The monoisotopic (exact) mass is 487 g/mol. The topological polar surface area (TPSA) is 54.0 Å². The molecule has 1 N–H and O–H groups in total. The summed E-state index contributed by atoms with van der Waals surface area (Å²) in [6.45, 7) is 6.16. The second kappa shape index (κ2) is 13.5. The maximum absolute atomic E-state index is 12.8. The van der Waals surface area contributed by atoms with Gasteiger partial charge in [0.2, 0.25) is 0 Å². The molecule has 6 heteroatoms. The molecule has 0 aliphatic carbocycles. The standard InChI is InChI=1S/C30H37N3O3/c1-35-29-17-8-6-15-27(29)33-22-20-32(21-23-33)19-10-18-31-30(34)26-14-5-7-16-28(26)36-24-9-13-25-11-3-2-4-12-25/h2-8,11-12,14-17H,9-10,13,18-24H2,1H3,(H,31,34). The number of aryl methyl sites for hydroxylation is 1. The summed E-state index contributed by atoms with van der Waals surface area (Å²) in [5, 5.41) is 3.07. The zero-order chi connectivity index (χ0) is 25.0. The summed E-state index contributed by atoms with van der Waals surface area (Å²) in [6, 6.07) is 26.1. The van der Waals surface area contributed by atoms with Crippen molar-refractivity contribution in [1.82, 2.24) is 10.2 Å². The number of piperazine rings is 1. The number of hydrogen-bond acceptors (Lipinski definition) is 5. The Hall–Kier alpha value is -3.51. The van der Waals surface area contributed by atoms with Crippen molar-refractivity contribution in [2.24, 2.45) is 0 Å². The van der Waals surface area contributed by atoms with Crippen molar-refractivity contribution >= 4 is 11.6 Å². The summed E-state index contributed by atoms with van der Waals surface area (Å²) >= 11 is 0. The van der Waals surface area contributed by atoms with Crippen LogP contribution in [0.4, 0.5) is 5.69 Å². The number of carbonyl (C=O) groups is 1. The molecule has 190 valence electrons. The molecule has 36 heavy (non-hydrogen) atoms. The Kier molecular flexibility index (Phi) is 9.62. The number of ether oxygens (including phenoxy) is 2. The maximum atomic E-state index is 12.8. The lowest BCUT2D eigenvalue weighted by molar-refractivity contribution is 0.0947. The van der Waals surface area contributed by atoms with Gasteiger partial charge < -0.3 is 19.7 Å². The molecule has 0 aromatic heterocycles. The summed E-state index contributed by atoms with van der Waals surface area (Å²) < 4.78 is 11.5. The highest BCUT2D eigenvalue weighted by atomic mass is 16.5. The van der Waals surface area contributed by atoms with Crippen LogP contribution < -0.4 is 19.7 Å². The number of benzene rings is 3. The van der Waals surface area contributed by atoms with E-state index in [1.165, 1.54) is 5.56 Å². The first-order valence-electron chi connectivity index (χ1n) is 12.9. The Labute approximate surface area is 214 Å². The molecule has 1 fully saturated rings. The number of hydrogen-bond donors (Lipinski definition) is 1. The number of anilines is 1. The van der Waals surface area contributed by atoms with Crippen molar-refractivity contribution in [2.75, 3.05) is 57.9 Å². The van der Waals surface area contributed by atoms with Gasteiger partial charge in [-0.15, -0.1) is 0 Å². The van der Waals surface area contributed by atoms with Crippen molar-refractivity contribution < 1.29 is 14.3 Å². The van der Waals surface area contributed by atoms with Crippen molar-refractivity contribution in [3.05, 3.63) is 90.0 Å². The Morgan fingerprint density at radius 3 is 2.31 bits per heavy atom. The number of nitrogens with one attached hydrogen (secondary N) is 1. The van der Waals surface area contributed by atoms with Crippen LogP contribution in [0.15, 0.2) is 78.9 Å². The van der Waals surface area contributed by atoms with Crippen molar-refractivity contribution in [2.45, 2.75) is 19.3 Å². The first kappa shape index (κ1) is 25.6. The minimum atomic E-state index is -0.0744. The normalized spacial score (nSPS) is 13.9. The molecule has 1 aliphatic heterocycles. The van der Waals surface area contributed by atoms with Gasteiger partial charge in [-0.1, -0.05) is 54.6 Å². The molecule has 4 rings (SSSR count). The number of methoxy groups -OCH3 is 1. The molecule has 0 atom stereocenters. The molecular weight excluding hydrogens is 450 g/mol. The van der Waals surface area contributed by atoms with Gasteiger partial charge >= 0.3 is 0 Å². The fourth-order valence-electron chi connectivity index (χ4n) is 4.59. The average molecular weight is 488 g/mol. The van der Waals surface area contributed by atoms with Crippen molar-refractivity contribution in [3.8, 4) is 11.5 Å². The third-order valence-corrected chi connectivity index (χ3v) is 6.58. The van der Waals surface area contributed by atoms with Gasteiger partial charge in [-0.3, -0.25) is 9.69 Å². The molecule has 0 bridgehead atoms. The van der Waals surface area contributed by atoms with Gasteiger partial charge in [0.25, 0.3) is 5.91 Å². The van der Waals surface area contributed by atoms with E-state index in [2.05, 4.69) is 51.5 Å². The Bertz CT molecular complexity index is 1080. The molecule has 0 saturated carbocycles. The van der Waals surface area contributed by atoms with E-state index in [1.807, 2.05) is 42.5 Å². The van der Waals surface area contributed by atoms with Crippen LogP contribution in [-0.4, -0.2) is 63.8 Å². The fourth-order valence-corrected chi connectivity index (χ4v) is 4.59. The lowest BCUT2D eigenvalue weighted by Gasteiger charge is -2.36. The van der Waals surface area contributed by atoms with Crippen LogP contribution in [0.1, 0.15) is 28.8 Å². The van der Waals surface area contributed by atoms with E-state index in [0.29, 0.717) is 24.5 Å². The van der Waals surface area contributed by atoms with Crippen molar-refractivity contribution in [1.29, 1.82) is 0 Å². The smallest absolute Gasteiger partial charge is 0.255 e. The number of para-hydroxylation sites is 3. The molecule has 0 unspecified atom stereocenters. The van der Waals surface area contributed by atoms with Gasteiger partial charge in [0.05, 0.1) is 25.0 Å². The fraction of sp³-hybridized carbons (Fsp3) is 0.367. The number of nitrogens with zero attached hydrogens (tertiary/aromatic N) is 2. The van der Waals surface area contributed by atoms with E-state index in [1.54, 1.807) is 7.11 Å². The SMILES string of the molecule is COc1ccccc1N1CCN(CCCNC(=O)c2ccccc2OCCCc2ccccc2)CC1. The van der Waals surface area contributed by atoms with Crippen LogP contribution in [0.2, 0.25) is 0 Å². The average Bonchev–Trinajstić information content (AvgIpc) is 2.94. The zero-order valence-electron chi connectivity index (χ0n) is 21.2. The molecule has 0 spiro atoms. The number of rotatable bonds is 12. The predicted molar refractivity (Wildman–Crippen MR) is 145 cm³/mol. The first-order chi connectivity index (χ1) is 17.7. The minimum Gasteiger partial charge on any atom is -0.495 e. The van der Waals surface area contributed by atoms with E-state index in [9.17, 15) is 4.79 Å². The maximum Gasteiger partial charge on any atom is 0.255 e. The van der Waals surface area contributed by atoms with Gasteiger partial charge in [-0.2, -0.15) is 0 Å². The third kappa shape index (κ3) is 7.25. The number of amides is 1. The van der Waals surface area contributed by atoms with Crippen LogP contribution in [0, 0.1) is 0 Å². The Balaban J connectivity index is 1.16. The quantitative estimate of drug-likeness (QED) is 0.377. The largest absolute Gasteiger partial charge is 0.495 e. The molecule has 6 nitrogen and oxygen atoms in total. The molecule has 1 aliphatic rings. The van der Waals surface area contributed by atoms with Crippen molar-refractivity contribution in [3.63, 3.8) is 0 Å². The van der Waals surface area contributed by atoms with Crippen LogP contribution in [0.5, 0.6) is 11.5 Å². The molecular formula is C30H37N3O3. The molecule has 0 radical (unpaired) electrons. The van der Waals surface area contributed by atoms with Gasteiger partial charge in [0, 0.05) is 32.7 Å². The van der Waals surface area contributed by atoms with Crippen LogP contribution >= 0.6 is 0 Å². The van der Waals surface area contributed by atoms with E-state index in [-0.39, 0.29) is 5.91 Å². The third-order valence-electron chi connectivity index (χ3n) is 6.58. The van der Waals surface area contributed by atoms with E-state index >= 15 is 0 Å². The highest BCUT2D eigenvalue weighted by molar-refractivity contribution is 5.96. The summed E-state index contributed by atoms with van der Waals surface area (Å²) in [4.78, 5) is 17.7. The van der Waals surface area contributed by atoms with Crippen LogP contribution in [0.25, 0.3) is 0 Å². The van der Waals surface area contributed by atoms with Gasteiger partial charge in [0.15, 0.2) is 0 Å². The van der Waals surface area contributed by atoms with E-state index < -0.39 is 0 Å². The lowest BCUT2D eigenvalue weighted by Crippen LogP contribution is -2.47. The predicted octanol–water partition coefficient (Wildman–Crippen LogP) is 4.65. The Morgan fingerprint density at radius 2 is 1.53 bits per heavy atom. The number of carbonyl (C=O) groups excluding carboxylic acids is 1. The molecule has 1 saturated heterocycles. The minimum absolute atomic E-state index is 0.0744. The molecule has 3 aromatic carbocycles. The summed E-state index contributed by atoms with van der Waals surface area (Å²) in [5.74, 6) is 1.50. The van der Waals surface area contributed by atoms with Gasteiger partial charge in [-0.25, -0.2) is 0 Å². The second-order valence-corrected chi connectivity index (χ2v) is 9.04. The van der Waals surface area contributed by atoms with Gasteiger partial charge in [0.1, 0.15) is 11.5 Å². The highest BCUT2D eigenvalue weighted by Crippen LogP contribution is 2.28. The summed E-state index contributed by atoms with van der Waals surface area (Å²) in [5.41, 5.74) is 3.06. The van der Waals surface area contributed by atoms with Crippen LogP contribution in [0.3, 0.4) is 0 Å². The Morgan fingerprint density at radius 1 is 0.833 bits per heavy atom. The molecule has 1 heterocycles. The zero-order valence-corrected chi connectivity index (χ0v) is 21.2. The van der Waals surface area contributed by atoms with Crippen LogP contribution in [-0.2, 0) is 6.42 Å². The molecule has 1 amide bonds. The summed E-state index contributed by atoms with van der Waals surface area (Å²) in [7, 11) is 1.72. The summed E-state index contributed by atoms with van der Waals surface area (Å²) in [6.07, 6.45) is 2.78. The first-order valence-corrected chi connectivity index (χ1v) is 12.9.